The molecule has 21 heavy (non-hydrogen) atoms. The third-order valence-electron chi connectivity index (χ3n) is 2.74. The Labute approximate surface area is 127 Å². The number of ether oxygens (including phenoxy) is 2. The summed E-state index contributed by atoms with van der Waals surface area (Å²) in [5.74, 6) is -0.0686. The van der Waals surface area contributed by atoms with Gasteiger partial charge in [-0.2, -0.15) is 0 Å². The van der Waals surface area contributed by atoms with E-state index in [2.05, 4.69) is 0 Å². The Hall–Kier alpha value is -2.20. The van der Waals surface area contributed by atoms with Crippen molar-refractivity contribution in [1.82, 2.24) is 0 Å². The van der Waals surface area contributed by atoms with Crippen molar-refractivity contribution < 1.29 is 19.4 Å². The van der Waals surface area contributed by atoms with E-state index in [1.807, 2.05) is 30.3 Å². The second-order valence-corrected chi connectivity index (χ2v) is 4.69. The molecule has 2 aromatic carbocycles. The molecule has 110 valence electrons. The maximum Gasteiger partial charge on any atom is 0.339 e. The quantitative estimate of drug-likeness (QED) is 0.789. The first-order valence-corrected chi connectivity index (χ1v) is 6.88. The van der Waals surface area contributed by atoms with Gasteiger partial charge in [0.05, 0.1) is 18.2 Å². The molecule has 1 N–H and O–H groups in total. The third kappa shape index (κ3) is 4.39. The highest BCUT2D eigenvalue weighted by Crippen LogP contribution is 2.28. The van der Waals surface area contributed by atoms with E-state index >= 15 is 0 Å². The van der Waals surface area contributed by atoms with E-state index in [1.54, 1.807) is 12.1 Å². The summed E-state index contributed by atoms with van der Waals surface area (Å²) in [5, 5.41) is 9.37. The van der Waals surface area contributed by atoms with Crippen LogP contribution in [0.4, 0.5) is 0 Å². The average molecular weight is 307 g/mol. The molecular weight excluding hydrogens is 292 g/mol. The van der Waals surface area contributed by atoms with E-state index in [1.165, 1.54) is 6.07 Å². The van der Waals surface area contributed by atoms with Gasteiger partial charge in [-0.25, -0.2) is 4.79 Å². The highest BCUT2D eigenvalue weighted by Gasteiger charge is 2.14. The number of halogens is 1. The number of carboxylic acid groups (broad SMARTS) is 1. The number of hydrogen-bond acceptors (Lipinski definition) is 3. The summed E-state index contributed by atoms with van der Waals surface area (Å²) < 4.78 is 11.0. The lowest BCUT2D eigenvalue weighted by Gasteiger charge is -2.11. The van der Waals surface area contributed by atoms with Gasteiger partial charge in [0.1, 0.15) is 11.3 Å². The number of rotatable bonds is 7. The van der Waals surface area contributed by atoms with Gasteiger partial charge in [0.2, 0.25) is 0 Å². The predicted octanol–water partition coefficient (Wildman–Crippen LogP) is 3.89. The monoisotopic (exact) mass is 306 g/mol. The van der Waals surface area contributed by atoms with Crippen molar-refractivity contribution in [3.05, 3.63) is 59.1 Å². The van der Waals surface area contributed by atoms with Gasteiger partial charge in [-0.05, 0) is 24.3 Å². The van der Waals surface area contributed by atoms with Crippen molar-refractivity contribution in [2.45, 2.75) is 6.42 Å². The van der Waals surface area contributed by atoms with Crippen molar-refractivity contribution in [3.63, 3.8) is 0 Å². The van der Waals surface area contributed by atoms with Crippen molar-refractivity contribution in [2.24, 2.45) is 0 Å². The van der Waals surface area contributed by atoms with E-state index in [0.29, 0.717) is 24.7 Å². The van der Waals surface area contributed by atoms with Crippen LogP contribution in [0.25, 0.3) is 0 Å². The summed E-state index contributed by atoms with van der Waals surface area (Å²) in [6.07, 6.45) is 0.624. The normalized spacial score (nSPS) is 10.1. The van der Waals surface area contributed by atoms with Gasteiger partial charge in [0.15, 0.2) is 5.75 Å². The molecule has 0 aliphatic heterocycles. The summed E-state index contributed by atoms with van der Waals surface area (Å²) in [6.45, 7) is 0.813. The van der Waals surface area contributed by atoms with Crippen LogP contribution in [0.3, 0.4) is 0 Å². The molecule has 0 radical (unpaired) electrons. The van der Waals surface area contributed by atoms with Gasteiger partial charge in [-0.1, -0.05) is 35.9 Å². The topological polar surface area (TPSA) is 55.8 Å². The van der Waals surface area contributed by atoms with E-state index in [9.17, 15) is 4.79 Å². The molecule has 0 heterocycles. The van der Waals surface area contributed by atoms with Crippen molar-refractivity contribution in [1.29, 1.82) is 0 Å². The van der Waals surface area contributed by atoms with Crippen LogP contribution in [0.1, 0.15) is 16.8 Å². The van der Waals surface area contributed by atoms with E-state index < -0.39 is 5.97 Å². The molecule has 5 heteroatoms. The summed E-state index contributed by atoms with van der Waals surface area (Å²) in [7, 11) is 0. The van der Waals surface area contributed by atoms with Gasteiger partial charge in [0.25, 0.3) is 0 Å². The Bertz CT molecular complexity index is 598. The Morgan fingerprint density at radius 2 is 1.71 bits per heavy atom. The molecule has 2 aromatic rings. The molecule has 0 spiro atoms. The highest BCUT2D eigenvalue weighted by molar-refractivity contribution is 6.32. The summed E-state index contributed by atoms with van der Waals surface area (Å²) >= 11 is 5.96. The zero-order chi connectivity index (χ0) is 15.1. The minimum absolute atomic E-state index is 0.0616. The smallest absolute Gasteiger partial charge is 0.339 e. The van der Waals surface area contributed by atoms with Gasteiger partial charge in [-0.3, -0.25) is 0 Å². The summed E-state index contributed by atoms with van der Waals surface area (Å²) in [6, 6.07) is 14.1. The lowest BCUT2D eigenvalue weighted by molar-refractivity contribution is 0.0692. The first-order chi connectivity index (χ1) is 10.2. The van der Waals surface area contributed by atoms with Crippen LogP contribution in [0.15, 0.2) is 48.5 Å². The molecule has 0 aromatic heterocycles. The molecule has 0 aliphatic rings. The van der Waals surface area contributed by atoms with Crippen LogP contribution in [0.2, 0.25) is 5.02 Å². The second kappa shape index (κ2) is 7.55. The number of hydrogen-bond donors (Lipinski definition) is 1. The summed E-state index contributed by atoms with van der Waals surface area (Å²) in [5.41, 5.74) is 0.0616. The number of carbonyl (C=O) groups is 1. The van der Waals surface area contributed by atoms with E-state index in [4.69, 9.17) is 26.2 Å². The lowest BCUT2D eigenvalue weighted by Crippen LogP contribution is -2.08. The molecule has 0 saturated carbocycles. The van der Waals surface area contributed by atoms with Crippen molar-refractivity contribution in [3.8, 4) is 11.5 Å². The Morgan fingerprint density at radius 1 is 1.00 bits per heavy atom. The van der Waals surface area contributed by atoms with Crippen LogP contribution in [-0.4, -0.2) is 24.3 Å². The minimum atomic E-state index is -1.06. The third-order valence-corrected chi connectivity index (χ3v) is 3.04. The first-order valence-electron chi connectivity index (χ1n) is 6.51. The average Bonchev–Trinajstić information content (AvgIpc) is 2.49. The maximum absolute atomic E-state index is 11.1. The first kappa shape index (κ1) is 15.2. The molecule has 0 fully saturated rings. The van der Waals surface area contributed by atoms with Gasteiger partial charge < -0.3 is 14.6 Å². The van der Waals surface area contributed by atoms with Crippen LogP contribution in [0, 0.1) is 0 Å². The van der Waals surface area contributed by atoms with Gasteiger partial charge >= 0.3 is 5.97 Å². The second-order valence-electron chi connectivity index (χ2n) is 4.29. The number of aromatic carboxylic acids is 1. The zero-order valence-electron chi connectivity index (χ0n) is 11.3. The van der Waals surface area contributed by atoms with Gasteiger partial charge in [0, 0.05) is 6.42 Å². The fraction of sp³-hybridized carbons (Fsp3) is 0.188. The molecule has 0 atom stereocenters. The van der Waals surface area contributed by atoms with Crippen molar-refractivity contribution in [2.75, 3.05) is 13.2 Å². The van der Waals surface area contributed by atoms with Crippen LogP contribution in [0.5, 0.6) is 11.5 Å². The molecule has 2 rings (SSSR count). The Kier molecular flexibility index (Phi) is 5.46. The van der Waals surface area contributed by atoms with E-state index in [-0.39, 0.29) is 11.3 Å². The van der Waals surface area contributed by atoms with Crippen LogP contribution in [-0.2, 0) is 0 Å². The molecule has 0 amide bonds. The van der Waals surface area contributed by atoms with Crippen LogP contribution < -0.4 is 9.47 Å². The largest absolute Gasteiger partial charge is 0.493 e. The fourth-order valence-corrected chi connectivity index (χ4v) is 1.99. The number of carboxylic acids is 1. The highest BCUT2D eigenvalue weighted by atomic mass is 35.5. The van der Waals surface area contributed by atoms with Crippen molar-refractivity contribution >= 4 is 17.6 Å². The van der Waals surface area contributed by atoms with Gasteiger partial charge in [-0.15, -0.1) is 0 Å². The SMILES string of the molecule is O=C(O)c1cccc(Cl)c1OCCCOc1ccccc1. The molecular formula is C16H15ClO4. The van der Waals surface area contributed by atoms with E-state index in [0.717, 1.165) is 5.75 Å². The number of benzene rings is 2. The number of para-hydroxylation sites is 2. The zero-order valence-corrected chi connectivity index (χ0v) is 12.0. The lowest BCUT2D eigenvalue weighted by atomic mass is 10.2. The Morgan fingerprint density at radius 3 is 2.43 bits per heavy atom. The fourth-order valence-electron chi connectivity index (χ4n) is 1.76. The molecule has 0 saturated heterocycles. The minimum Gasteiger partial charge on any atom is -0.493 e. The molecule has 0 aliphatic carbocycles. The van der Waals surface area contributed by atoms with Crippen LogP contribution >= 0.6 is 11.6 Å². The Balaban J connectivity index is 1.83. The predicted molar refractivity (Wildman–Crippen MR) is 80.5 cm³/mol. The molecule has 4 nitrogen and oxygen atoms in total. The maximum atomic E-state index is 11.1. The standard InChI is InChI=1S/C16H15ClO4/c17-14-9-4-8-13(16(18)19)15(14)21-11-5-10-20-12-6-2-1-3-7-12/h1-4,6-9H,5,10-11H2,(H,18,19). The summed E-state index contributed by atoms with van der Waals surface area (Å²) in [4.78, 5) is 11.1. The molecule has 0 bridgehead atoms. The molecule has 0 unspecified atom stereocenters.